The lowest BCUT2D eigenvalue weighted by Crippen LogP contribution is -2.38. The van der Waals surface area contributed by atoms with E-state index in [0.717, 1.165) is 25.3 Å². The fourth-order valence-corrected chi connectivity index (χ4v) is 2.38. The highest BCUT2D eigenvalue weighted by atomic mass is 19.1. The Morgan fingerprint density at radius 2 is 2.22 bits per heavy atom. The van der Waals surface area contributed by atoms with Crippen LogP contribution in [0.5, 0.6) is 5.75 Å². The number of phenolic OH excluding ortho intramolecular Hbond substituents is 1. The molecule has 4 nitrogen and oxygen atoms in total. The standard InChI is InChI=1S/C13H16FNO3/c14-11-6-9(17)4-5-10(11)13(18)15-12-3-1-2-8(12)7-16/h4-6,8,12,16-17H,1-3,7H2,(H,15,18). The number of benzene rings is 1. The zero-order valence-electron chi connectivity index (χ0n) is 9.90. The van der Waals surface area contributed by atoms with Gasteiger partial charge in [-0.15, -0.1) is 0 Å². The molecule has 2 rings (SSSR count). The number of hydrogen-bond acceptors (Lipinski definition) is 3. The van der Waals surface area contributed by atoms with Crippen molar-refractivity contribution in [1.82, 2.24) is 5.32 Å². The van der Waals surface area contributed by atoms with Gasteiger partial charge in [0.05, 0.1) is 5.56 Å². The summed E-state index contributed by atoms with van der Waals surface area (Å²) in [7, 11) is 0. The highest BCUT2D eigenvalue weighted by Crippen LogP contribution is 2.25. The number of amides is 1. The Morgan fingerprint density at radius 3 is 2.89 bits per heavy atom. The Morgan fingerprint density at radius 1 is 1.44 bits per heavy atom. The number of aliphatic hydroxyl groups excluding tert-OH is 1. The number of carbonyl (C=O) groups is 1. The molecular weight excluding hydrogens is 237 g/mol. The van der Waals surface area contributed by atoms with E-state index < -0.39 is 11.7 Å². The van der Waals surface area contributed by atoms with Crippen molar-refractivity contribution in [2.45, 2.75) is 25.3 Å². The zero-order chi connectivity index (χ0) is 13.1. The molecule has 0 radical (unpaired) electrons. The van der Waals surface area contributed by atoms with Crippen LogP contribution in [-0.2, 0) is 0 Å². The minimum absolute atomic E-state index is 0.0308. The van der Waals surface area contributed by atoms with Gasteiger partial charge in [-0.25, -0.2) is 4.39 Å². The van der Waals surface area contributed by atoms with Gasteiger partial charge in [0.15, 0.2) is 0 Å². The van der Waals surface area contributed by atoms with E-state index in [1.807, 2.05) is 0 Å². The van der Waals surface area contributed by atoms with Crippen molar-refractivity contribution in [3.05, 3.63) is 29.6 Å². The second-order valence-electron chi connectivity index (χ2n) is 4.62. The van der Waals surface area contributed by atoms with Crippen LogP contribution >= 0.6 is 0 Å². The molecule has 3 N–H and O–H groups in total. The van der Waals surface area contributed by atoms with E-state index in [0.29, 0.717) is 0 Å². The van der Waals surface area contributed by atoms with Gasteiger partial charge >= 0.3 is 0 Å². The van der Waals surface area contributed by atoms with Crippen molar-refractivity contribution in [2.75, 3.05) is 6.61 Å². The summed E-state index contributed by atoms with van der Waals surface area (Å²) < 4.78 is 13.5. The highest BCUT2D eigenvalue weighted by Gasteiger charge is 2.28. The monoisotopic (exact) mass is 253 g/mol. The third-order valence-corrected chi connectivity index (χ3v) is 3.41. The second-order valence-corrected chi connectivity index (χ2v) is 4.62. The predicted octanol–water partition coefficient (Wildman–Crippen LogP) is 1.42. The fourth-order valence-electron chi connectivity index (χ4n) is 2.38. The Bertz CT molecular complexity index is 450. The smallest absolute Gasteiger partial charge is 0.254 e. The van der Waals surface area contributed by atoms with Gasteiger partial charge in [-0.3, -0.25) is 4.79 Å². The van der Waals surface area contributed by atoms with Crippen LogP contribution < -0.4 is 5.32 Å². The third kappa shape index (κ3) is 2.61. The van der Waals surface area contributed by atoms with E-state index in [-0.39, 0.29) is 29.9 Å². The van der Waals surface area contributed by atoms with E-state index in [9.17, 15) is 9.18 Å². The minimum Gasteiger partial charge on any atom is -0.508 e. The van der Waals surface area contributed by atoms with Crippen molar-refractivity contribution in [3.63, 3.8) is 0 Å². The lowest BCUT2D eigenvalue weighted by molar-refractivity contribution is 0.0912. The van der Waals surface area contributed by atoms with E-state index in [4.69, 9.17) is 10.2 Å². The average Bonchev–Trinajstić information content (AvgIpc) is 2.76. The molecule has 0 saturated heterocycles. The summed E-state index contributed by atoms with van der Waals surface area (Å²) in [6.07, 6.45) is 2.63. The summed E-state index contributed by atoms with van der Waals surface area (Å²) in [5.41, 5.74) is -0.0867. The number of aliphatic hydroxyl groups is 1. The maximum atomic E-state index is 13.5. The summed E-state index contributed by atoms with van der Waals surface area (Å²) in [6, 6.07) is 3.34. The maximum absolute atomic E-state index is 13.5. The Balaban J connectivity index is 2.07. The molecule has 1 fully saturated rings. The lowest BCUT2D eigenvalue weighted by atomic mass is 10.0. The first-order chi connectivity index (χ1) is 8.61. The van der Waals surface area contributed by atoms with E-state index in [1.54, 1.807) is 0 Å². The van der Waals surface area contributed by atoms with Crippen LogP contribution in [0.3, 0.4) is 0 Å². The van der Waals surface area contributed by atoms with Gasteiger partial charge in [-0.1, -0.05) is 6.42 Å². The molecule has 0 aromatic heterocycles. The van der Waals surface area contributed by atoms with E-state index >= 15 is 0 Å². The largest absolute Gasteiger partial charge is 0.508 e. The summed E-state index contributed by atoms with van der Waals surface area (Å²) in [6.45, 7) is 0.0308. The maximum Gasteiger partial charge on any atom is 0.254 e. The number of aromatic hydroxyl groups is 1. The molecule has 0 bridgehead atoms. The molecule has 1 amide bonds. The number of hydrogen-bond donors (Lipinski definition) is 3. The lowest BCUT2D eigenvalue weighted by Gasteiger charge is -2.19. The number of nitrogens with one attached hydrogen (secondary N) is 1. The van der Waals surface area contributed by atoms with Crippen LogP contribution in [0.25, 0.3) is 0 Å². The number of carbonyl (C=O) groups excluding carboxylic acids is 1. The van der Waals surface area contributed by atoms with E-state index in [2.05, 4.69) is 5.32 Å². The molecule has 2 unspecified atom stereocenters. The van der Waals surface area contributed by atoms with Crippen molar-refractivity contribution < 1.29 is 19.4 Å². The first kappa shape index (κ1) is 12.8. The average molecular weight is 253 g/mol. The number of phenols is 1. The molecule has 0 heterocycles. The second kappa shape index (κ2) is 5.35. The van der Waals surface area contributed by atoms with Crippen molar-refractivity contribution in [3.8, 4) is 5.75 Å². The molecule has 1 aliphatic carbocycles. The van der Waals surface area contributed by atoms with Gasteiger partial charge in [0.1, 0.15) is 11.6 Å². The Labute approximate surface area is 104 Å². The zero-order valence-corrected chi connectivity index (χ0v) is 9.90. The summed E-state index contributed by atoms with van der Waals surface area (Å²) >= 11 is 0. The van der Waals surface area contributed by atoms with Crippen LogP contribution in [0.15, 0.2) is 18.2 Å². The Hall–Kier alpha value is -1.62. The van der Waals surface area contributed by atoms with Gasteiger partial charge in [0.25, 0.3) is 5.91 Å². The molecule has 5 heteroatoms. The molecule has 0 spiro atoms. The SMILES string of the molecule is O=C(NC1CCCC1CO)c1ccc(O)cc1F. The molecule has 1 aromatic carbocycles. The summed E-state index contributed by atoms with van der Waals surface area (Å²) in [5, 5.41) is 21.0. The molecule has 1 aliphatic rings. The molecule has 2 atom stereocenters. The van der Waals surface area contributed by atoms with Crippen molar-refractivity contribution in [2.24, 2.45) is 5.92 Å². The van der Waals surface area contributed by atoms with Gasteiger partial charge < -0.3 is 15.5 Å². The van der Waals surface area contributed by atoms with Gasteiger partial charge in [0, 0.05) is 24.6 Å². The molecule has 1 saturated carbocycles. The molecule has 98 valence electrons. The first-order valence-corrected chi connectivity index (χ1v) is 6.02. The molecule has 0 aliphatic heterocycles. The van der Waals surface area contributed by atoms with Crippen LogP contribution in [0.4, 0.5) is 4.39 Å². The van der Waals surface area contributed by atoms with Gasteiger partial charge in [-0.2, -0.15) is 0 Å². The molecule has 1 aromatic rings. The van der Waals surface area contributed by atoms with Gasteiger partial charge in [-0.05, 0) is 25.0 Å². The number of rotatable bonds is 3. The number of halogens is 1. The normalized spacial score (nSPS) is 23.0. The minimum atomic E-state index is -0.744. The predicted molar refractivity (Wildman–Crippen MR) is 63.7 cm³/mol. The van der Waals surface area contributed by atoms with Crippen molar-refractivity contribution >= 4 is 5.91 Å². The fraction of sp³-hybridized carbons (Fsp3) is 0.462. The highest BCUT2D eigenvalue weighted by molar-refractivity contribution is 5.94. The van der Waals surface area contributed by atoms with Crippen LogP contribution in [0, 0.1) is 11.7 Å². The topological polar surface area (TPSA) is 69.6 Å². The van der Waals surface area contributed by atoms with Crippen LogP contribution in [0.2, 0.25) is 0 Å². The summed E-state index contributed by atoms with van der Waals surface area (Å²) in [4.78, 5) is 11.9. The first-order valence-electron chi connectivity index (χ1n) is 6.02. The molecular formula is C13H16FNO3. The molecule has 18 heavy (non-hydrogen) atoms. The van der Waals surface area contributed by atoms with Gasteiger partial charge in [0.2, 0.25) is 0 Å². The Kier molecular flexibility index (Phi) is 3.81. The quantitative estimate of drug-likeness (QED) is 0.763. The summed E-state index contributed by atoms with van der Waals surface area (Å²) in [5.74, 6) is -1.41. The van der Waals surface area contributed by atoms with Crippen LogP contribution in [-0.4, -0.2) is 28.8 Å². The van der Waals surface area contributed by atoms with Crippen LogP contribution in [0.1, 0.15) is 29.6 Å². The van der Waals surface area contributed by atoms with Crippen molar-refractivity contribution in [1.29, 1.82) is 0 Å². The third-order valence-electron chi connectivity index (χ3n) is 3.41. The van der Waals surface area contributed by atoms with E-state index in [1.165, 1.54) is 12.1 Å².